The number of halogens is 1. The van der Waals surface area contributed by atoms with Gasteiger partial charge in [-0.1, -0.05) is 11.6 Å². The Hall–Kier alpha value is -1.95. The van der Waals surface area contributed by atoms with Crippen molar-refractivity contribution in [3.8, 4) is 0 Å². The Morgan fingerprint density at radius 2 is 2.09 bits per heavy atom. The average molecular weight is 337 g/mol. The van der Waals surface area contributed by atoms with Crippen LogP contribution in [-0.4, -0.2) is 49.6 Å². The molecular formula is C16H21ClN4O2. The number of hydrogen-bond acceptors (Lipinski definition) is 3. The predicted molar refractivity (Wildman–Crippen MR) is 91.1 cm³/mol. The zero-order chi connectivity index (χ0) is 16.6. The fourth-order valence-corrected chi connectivity index (χ4v) is 3.08. The SMILES string of the molecule is CN(C)c1ccc(Cl)cc1NC(=O)NC1CC(=O)N(C2CC2)C1. The molecule has 2 aliphatic rings. The van der Waals surface area contributed by atoms with Crippen molar-refractivity contribution in [3.63, 3.8) is 0 Å². The maximum atomic E-state index is 12.2. The van der Waals surface area contributed by atoms with Crippen molar-refractivity contribution in [1.82, 2.24) is 10.2 Å². The monoisotopic (exact) mass is 336 g/mol. The highest BCUT2D eigenvalue weighted by molar-refractivity contribution is 6.31. The third-order valence-corrected chi connectivity index (χ3v) is 4.41. The van der Waals surface area contributed by atoms with Gasteiger partial charge in [-0.2, -0.15) is 0 Å². The number of benzene rings is 1. The lowest BCUT2D eigenvalue weighted by molar-refractivity contribution is -0.128. The van der Waals surface area contributed by atoms with Crippen LogP contribution in [0.5, 0.6) is 0 Å². The van der Waals surface area contributed by atoms with Crippen LogP contribution in [0.1, 0.15) is 19.3 Å². The number of amides is 3. The molecule has 1 aromatic carbocycles. The highest BCUT2D eigenvalue weighted by atomic mass is 35.5. The van der Waals surface area contributed by atoms with Gasteiger partial charge in [0.05, 0.1) is 17.4 Å². The van der Waals surface area contributed by atoms with Gasteiger partial charge < -0.3 is 20.4 Å². The molecule has 1 aliphatic heterocycles. The molecule has 1 saturated heterocycles. The van der Waals surface area contributed by atoms with Crippen LogP contribution in [0.25, 0.3) is 0 Å². The lowest BCUT2D eigenvalue weighted by Crippen LogP contribution is -2.40. The van der Waals surface area contributed by atoms with E-state index in [1.807, 2.05) is 30.0 Å². The Balaban J connectivity index is 1.61. The second kappa shape index (κ2) is 6.28. The van der Waals surface area contributed by atoms with Crippen LogP contribution in [0, 0.1) is 0 Å². The van der Waals surface area contributed by atoms with Crippen LogP contribution in [0.2, 0.25) is 5.02 Å². The molecule has 1 atom stereocenters. The van der Waals surface area contributed by atoms with Crippen LogP contribution in [0.15, 0.2) is 18.2 Å². The first-order valence-corrected chi connectivity index (χ1v) is 8.15. The minimum atomic E-state index is -0.314. The van der Waals surface area contributed by atoms with Gasteiger partial charge >= 0.3 is 6.03 Å². The Bertz CT molecular complexity index is 631. The number of anilines is 2. The quantitative estimate of drug-likeness (QED) is 0.886. The standard InChI is InChI=1S/C16H21ClN4O2/c1-20(2)14-6-3-10(17)7-13(14)19-16(23)18-11-8-15(22)21(9-11)12-4-5-12/h3,6-7,11-12H,4-5,8-9H2,1-2H3,(H2,18,19,23). The summed E-state index contributed by atoms with van der Waals surface area (Å²) in [4.78, 5) is 28.0. The maximum Gasteiger partial charge on any atom is 0.319 e. The number of likely N-dealkylation sites (tertiary alicyclic amines) is 1. The lowest BCUT2D eigenvalue weighted by atomic mass is 10.2. The van der Waals surface area contributed by atoms with Gasteiger partial charge in [-0.05, 0) is 31.0 Å². The molecule has 1 unspecified atom stereocenters. The number of urea groups is 1. The number of carbonyl (C=O) groups excluding carboxylic acids is 2. The summed E-state index contributed by atoms with van der Waals surface area (Å²) in [6.45, 7) is 0.604. The molecule has 23 heavy (non-hydrogen) atoms. The van der Waals surface area contributed by atoms with Crippen LogP contribution in [0.4, 0.5) is 16.2 Å². The van der Waals surface area contributed by atoms with E-state index in [-0.39, 0.29) is 18.0 Å². The van der Waals surface area contributed by atoms with E-state index in [1.54, 1.807) is 12.1 Å². The molecule has 0 aromatic heterocycles. The van der Waals surface area contributed by atoms with Gasteiger partial charge in [-0.15, -0.1) is 0 Å². The van der Waals surface area contributed by atoms with Crippen molar-refractivity contribution in [2.75, 3.05) is 30.9 Å². The number of nitrogens with one attached hydrogen (secondary N) is 2. The average Bonchev–Trinajstić information content (AvgIpc) is 3.23. The molecule has 3 amide bonds. The Morgan fingerprint density at radius 3 is 2.74 bits per heavy atom. The molecular weight excluding hydrogens is 316 g/mol. The van der Waals surface area contributed by atoms with Crippen LogP contribution >= 0.6 is 11.6 Å². The molecule has 2 fully saturated rings. The Labute approximate surface area is 140 Å². The van der Waals surface area contributed by atoms with Gasteiger partial charge in [0.2, 0.25) is 5.91 Å². The second-order valence-corrected chi connectivity index (χ2v) is 6.77. The first-order valence-electron chi connectivity index (χ1n) is 7.78. The molecule has 2 N–H and O–H groups in total. The summed E-state index contributed by atoms with van der Waals surface area (Å²) in [5.41, 5.74) is 1.51. The van der Waals surface area contributed by atoms with Gasteiger partial charge in [0.1, 0.15) is 0 Å². The van der Waals surface area contributed by atoms with Crippen molar-refractivity contribution in [2.45, 2.75) is 31.3 Å². The molecule has 0 radical (unpaired) electrons. The second-order valence-electron chi connectivity index (χ2n) is 6.33. The van der Waals surface area contributed by atoms with E-state index in [0.717, 1.165) is 18.5 Å². The molecule has 1 heterocycles. The van der Waals surface area contributed by atoms with Gasteiger partial charge in [0, 0.05) is 38.1 Å². The zero-order valence-electron chi connectivity index (χ0n) is 13.3. The van der Waals surface area contributed by atoms with E-state index in [1.165, 1.54) is 0 Å². The molecule has 1 saturated carbocycles. The Kier molecular flexibility index (Phi) is 4.35. The van der Waals surface area contributed by atoms with Gasteiger partial charge in [0.15, 0.2) is 0 Å². The zero-order valence-corrected chi connectivity index (χ0v) is 14.1. The van der Waals surface area contributed by atoms with Crippen molar-refractivity contribution < 1.29 is 9.59 Å². The van der Waals surface area contributed by atoms with E-state index >= 15 is 0 Å². The fraction of sp³-hybridized carbons (Fsp3) is 0.500. The van der Waals surface area contributed by atoms with E-state index < -0.39 is 0 Å². The summed E-state index contributed by atoms with van der Waals surface area (Å²) in [5, 5.41) is 6.27. The molecule has 7 heteroatoms. The summed E-state index contributed by atoms with van der Waals surface area (Å²) in [6.07, 6.45) is 2.54. The third kappa shape index (κ3) is 3.69. The first-order chi connectivity index (χ1) is 10.9. The molecule has 1 aromatic rings. The third-order valence-electron chi connectivity index (χ3n) is 4.17. The topological polar surface area (TPSA) is 64.7 Å². The summed E-state index contributed by atoms with van der Waals surface area (Å²) in [6, 6.07) is 5.29. The smallest absolute Gasteiger partial charge is 0.319 e. The summed E-state index contributed by atoms with van der Waals surface area (Å²) in [7, 11) is 3.80. The lowest BCUT2D eigenvalue weighted by Gasteiger charge is -2.20. The van der Waals surface area contributed by atoms with E-state index in [2.05, 4.69) is 10.6 Å². The number of carbonyl (C=O) groups is 2. The van der Waals surface area contributed by atoms with Gasteiger partial charge in [-0.25, -0.2) is 4.79 Å². The van der Waals surface area contributed by atoms with Crippen LogP contribution < -0.4 is 15.5 Å². The normalized spacial score (nSPS) is 20.6. The van der Waals surface area contributed by atoms with Gasteiger partial charge in [-0.3, -0.25) is 4.79 Å². The fourth-order valence-electron chi connectivity index (χ4n) is 2.91. The first kappa shape index (κ1) is 15.9. The molecule has 124 valence electrons. The Morgan fingerprint density at radius 1 is 1.35 bits per heavy atom. The number of rotatable bonds is 4. The highest BCUT2D eigenvalue weighted by Crippen LogP contribution is 2.31. The van der Waals surface area contributed by atoms with Gasteiger partial charge in [0.25, 0.3) is 0 Å². The minimum Gasteiger partial charge on any atom is -0.376 e. The van der Waals surface area contributed by atoms with Crippen LogP contribution in [-0.2, 0) is 4.79 Å². The molecule has 3 rings (SSSR count). The van der Waals surface area contributed by atoms with Crippen molar-refractivity contribution >= 4 is 34.9 Å². The number of hydrogen-bond donors (Lipinski definition) is 2. The molecule has 1 aliphatic carbocycles. The van der Waals surface area contributed by atoms with Crippen molar-refractivity contribution in [3.05, 3.63) is 23.2 Å². The summed E-state index contributed by atoms with van der Waals surface area (Å²) in [5.74, 6) is 0.134. The van der Waals surface area contributed by atoms with E-state index in [0.29, 0.717) is 29.7 Å². The van der Waals surface area contributed by atoms with E-state index in [9.17, 15) is 9.59 Å². The van der Waals surface area contributed by atoms with Crippen molar-refractivity contribution in [2.24, 2.45) is 0 Å². The highest BCUT2D eigenvalue weighted by Gasteiger charge is 2.39. The van der Waals surface area contributed by atoms with Crippen LogP contribution in [0.3, 0.4) is 0 Å². The number of nitrogens with zero attached hydrogens (tertiary/aromatic N) is 2. The summed E-state index contributed by atoms with van der Waals surface area (Å²) < 4.78 is 0. The van der Waals surface area contributed by atoms with E-state index in [4.69, 9.17) is 11.6 Å². The molecule has 6 nitrogen and oxygen atoms in total. The summed E-state index contributed by atoms with van der Waals surface area (Å²) >= 11 is 6.01. The molecule has 0 spiro atoms. The van der Waals surface area contributed by atoms with Crippen molar-refractivity contribution in [1.29, 1.82) is 0 Å². The molecule has 0 bridgehead atoms. The largest absolute Gasteiger partial charge is 0.376 e. The predicted octanol–water partition coefficient (Wildman–Crippen LogP) is 2.29. The maximum absolute atomic E-state index is 12.2. The minimum absolute atomic E-state index is 0.134.